The van der Waals surface area contributed by atoms with Gasteiger partial charge in [0.2, 0.25) is 0 Å². The first-order valence-corrected chi connectivity index (χ1v) is 20.4. The lowest BCUT2D eigenvalue weighted by Crippen LogP contribution is -2.35. The molecule has 274 valence electrons. The molecule has 9 aromatic carbocycles. The molecule has 2 aliphatic rings. The minimum atomic E-state index is -0.590. The van der Waals surface area contributed by atoms with Gasteiger partial charge in [0.05, 0.1) is 16.7 Å². The monoisotopic (exact) mass is 740 g/mol. The van der Waals surface area contributed by atoms with Gasteiger partial charge in [-0.05, 0) is 97.9 Å². The van der Waals surface area contributed by atoms with Crippen LogP contribution in [0.4, 0.5) is 17.1 Å². The molecular weight excluding hydrogens is 701 g/mol. The average Bonchev–Trinajstić information content (AvgIpc) is 3.85. The van der Waals surface area contributed by atoms with Crippen LogP contribution in [0.25, 0.3) is 54.8 Å². The van der Waals surface area contributed by atoms with Gasteiger partial charge in [-0.2, -0.15) is 0 Å². The highest BCUT2D eigenvalue weighted by atomic mass is 15.1. The van der Waals surface area contributed by atoms with Crippen LogP contribution < -0.4 is 4.90 Å². The van der Waals surface area contributed by atoms with Crippen molar-refractivity contribution in [2.75, 3.05) is 4.90 Å². The summed E-state index contributed by atoms with van der Waals surface area (Å²) in [6.45, 7) is 4.74. The van der Waals surface area contributed by atoms with Crippen LogP contribution in [0, 0.1) is 0 Å². The molecule has 2 aliphatic carbocycles. The lowest BCUT2D eigenvalue weighted by Gasteiger charge is -2.36. The quantitative estimate of drug-likeness (QED) is 0.171. The highest BCUT2D eigenvalue weighted by Gasteiger charge is 2.47. The van der Waals surface area contributed by atoms with Gasteiger partial charge in [0.15, 0.2) is 0 Å². The van der Waals surface area contributed by atoms with E-state index in [9.17, 15) is 0 Å². The largest absolute Gasteiger partial charge is 0.322 e. The van der Waals surface area contributed by atoms with Gasteiger partial charge >= 0.3 is 0 Å². The fourth-order valence-electron chi connectivity index (χ4n) is 10.7. The van der Waals surface area contributed by atoms with E-state index < -0.39 is 5.54 Å². The first-order chi connectivity index (χ1) is 28.5. The van der Waals surface area contributed by atoms with E-state index in [4.69, 9.17) is 0 Å². The third kappa shape index (κ3) is 4.38. The Morgan fingerprint density at radius 1 is 0.379 bits per heavy atom. The molecule has 0 saturated heterocycles. The summed E-state index contributed by atoms with van der Waals surface area (Å²) in [4.78, 5) is 2.49. The Bertz CT molecular complexity index is 3220. The van der Waals surface area contributed by atoms with Gasteiger partial charge in [-0.15, -0.1) is 0 Å². The number of fused-ring (bicyclic) bond motifs is 10. The first kappa shape index (κ1) is 33.0. The summed E-state index contributed by atoms with van der Waals surface area (Å²) in [5.74, 6) is 0. The Labute approximate surface area is 338 Å². The Morgan fingerprint density at radius 2 is 0.914 bits per heavy atom. The van der Waals surface area contributed by atoms with Crippen LogP contribution >= 0.6 is 0 Å². The molecule has 58 heavy (non-hydrogen) atoms. The minimum absolute atomic E-state index is 0.122. The molecule has 2 nitrogen and oxygen atoms in total. The molecule has 0 radical (unpaired) electrons. The van der Waals surface area contributed by atoms with E-state index in [1.165, 1.54) is 82.6 Å². The summed E-state index contributed by atoms with van der Waals surface area (Å²) in [5, 5.41) is 4.90. The summed E-state index contributed by atoms with van der Waals surface area (Å²) in [6, 6.07) is 76.8. The van der Waals surface area contributed by atoms with Gasteiger partial charge < -0.3 is 9.47 Å². The molecule has 0 spiro atoms. The Balaban J connectivity index is 1.15. The number of benzene rings is 9. The van der Waals surface area contributed by atoms with Crippen molar-refractivity contribution < 1.29 is 0 Å². The van der Waals surface area contributed by atoms with E-state index in [-0.39, 0.29) is 5.41 Å². The third-order valence-electron chi connectivity index (χ3n) is 13.2. The lowest BCUT2D eigenvalue weighted by atomic mass is 9.80. The van der Waals surface area contributed by atoms with Crippen molar-refractivity contribution in [1.82, 2.24) is 4.57 Å². The van der Waals surface area contributed by atoms with Gasteiger partial charge in [0, 0.05) is 32.9 Å². The molecule has 0 aliphatic heterocycles. The Hall–Kier alpha value is -7.16. The van der Waals surface area contributed by atoms with Gasteiger partial charge in [-0.3, -0.25) is 0 Å². The highest BCUT2D eigenvalue weighted by molar-refractivity contribution is 6.11. The molecule has 1 heterocycles. The molecule has 0 bridgehead atoms. The second kappa shape index (κ2) is 12.2. The molecule has 2 heteroatoms. The molecule has 0 fully saturated rings. The van der Waals surface area contributed by atoms with Gasteiger partial charge in [-0.1, -0.05) is 178 Å². The van der Waals surface area contributed by atoms with Crippen molar-refractivity contribution in [2.45, 2.75) is 24.8 Å². The van der Waals surface area contributed by atoms with Crippen LogP contribution in [-0.4, -0.2) is 4.57 Å². The SMILES string of the molecule is CC1(C)c2ccccc2-c2ccc(N(c3ccc4c(c3)c3ccccc3n4C3(c4ccccc4)c4ccccc4-c4ccccc43)c3cccc4ccccc34)cc21. The van der Waals surface area contributed by atoms with E-state index in [1.54, 1.807) is 0 Å². The van der Waals surface area contributed by atoms with Crippen LogP contribution in [0.15, 0.2) is 206 Å². The first-order valence-electron chi connectivity index (χ1n) is 20.4. The van der Waals surface area contributed by atoms with Crippen LogP contribution in [-0.2, 0) is 11.0 Å². The molecule has 0 N–H and O–H groups in total. The normalized spacial score (nSPS) is 14.3. The molecule has 1 aromatic heterocycles. The summed E-state index contributed by atoms with van der Waals surface area (Å²) in [5.41, 5.74) is 17.0. The minimum Gasteiger partial charge on any atom is -0.322 e. The Morgan fingerprint density at radius 3 is 1.67 bits per heavy atom. The van der Waals surface area contributed by atoms with Crippen LogP contribution in [0.1, 0.15) is 41.7 Å². The maximum absolute atomic E-state index is 2.64. The highest BCUT2D eigenvalue weighted by Crippen LogP contribution is 2.56. The fourth-order valence-corrected chi connectivity index (χ4v) is 10.7. The van der Waals surface area contributed by atoms with Gasteiger partial charge in [0.1, 0.15) is 5.54 Å². The number of hydrogen-bond donors (Lipinski definition) is 0. The Kier molecular flexibility index (Phi) is 6.93. The fraction of sp³-hybridized carbons (Fsp3) is 0.0714. The summed E-state index contributed by atoms with van der Waals surface area (Å²) >= 11 is 0. The van der Waals surface area contributed by atoms with Crippen LogP contribution in [0.2, 0.25) is 0 Å². The summed E-state index contributed by atoms with van der Waals surface area (Å²) < 4.78 is 2.64. The number of aromatic nitrogens is 1. The van der Waals surface area contributed by atoms with Crippen LogP contribution in [0.5, 0.6) is 0 Å². The van der Waals surface area contributed by atoms with Crippen molar-refractivity contribution in [3.63, 3.8) is 0 Å². The van der Waals surface area contributed by atoms with E-state index in [0.29, 0.717) is 0 Å². The molecule has 10 aromatic rings. The topological polar surface area (TPSA) is 8.17 Å². The van der Waals surface area contributed by atoms with Crippen molar-refractivity contribution in [2.24, 2.45) is 0 Å². The number of nitrogens with zero attached hydrogens (tertiary/aromatic N) is 2. The summed E-state index contributed by atoms with van der Waals surface area (Å²) in [6.07, 6.45) is 0. The van der Waals surface area contributed by atoms with Crippen molar-refractivity contribution >= 4 is 49.6 Å². The lowest BCUT2D eigenvalue weighted by molar-refractivity contribution is 0.564. The smallest absolute Gasteiger partial charge is 0.122 e. The molecule has 0 amide bonds. The second-order valence-electron chi connectivity index (χ2n) is 16.5. The zero-order chi connectivity index (χ0) is 38.6. The maximum Gasteiger partial charge on any atom is 0.122 e. The molecular formula is C56H40N2. The van der Waals surface area contributed by atoms with E-state index in [0.717, 1.165) is 17.1 Å². The zero-order valence-corrected chi connectivity index (χ0v) is 32.5. The maximum atomic E-state index is 2.64. The number of anilines is 3. The number of rotatable bonds is 5. The van der Waals surface area contributed by atoms with E-state index >= 15 is 0 Å². The molecule has 12 rings (SSSR count). The van der Waals surface area contributed by atoms with Crippen molar-refractivity contribution in [1.29, 1.82) is 0 Å². The van der Waals surface area contributed by atoms with Crippen molar-refractivity contribution in [3.8, 4) is 22.3 Å². The molecule has 0 unspecified atom stereocenters. The van der Waals surface area contributed by atoms with Crippen LogP contribution in [0.3, 0.4) is 0 Å². The van der Waals surface area contributed by atoms with E-state index in [1.807, 2.05) is 0 Å². The summed E-state index contributed by atoms with van der Waals surface area (Å²) in [7, 11) is 0. The second-order valence-corrected chi connectivity index (χ2v) is 16.5. The van der Waals surface area contributed by atoms with Gasteiger partial charge in [0.25, 0.3) is 0 Å². The number of hydrogen-bond acceptors (Lipinski definition) is 1. The standard InChI is InChI=1S/C56H40N2/c1-55(2)48-26-12-8-22-42(48)45-33-31-40(36-51(45)55)57(52-30-16-18-37-17-6-7-21-41(37)52)39-32-34-54-47(35-39)46-25-11-15-29-53(46)58(54)56(38-19-4-3-5-20-38)49-27-13-9-23-43(49)44-24-10-14-28-50(44)56/h3-36H,1-2H3. The predicted molar refractivity (Wildman–Crippen MR) is 243 cm³/mol. The molecule has 0 atom stereocenters. The predicted octanol–water partition coefficient (Wildman–Crippen LogP) is 14.5. The number of para-hydroxylation sites is 1. The van der Waals surface area contributed by atoms with Crippen molar-refractivity contribution in [3.05, 3.63) is 234 Å². The third-order valence-corrected chi connectivity index (χ3v) is 13.2. The average molecular weight is 741 g/mol. The zero-order valence-electron chi connectivity index (χ0n) is 32.5. The van der Waals surface area contributed by atoms with E-state index in [2.05, 4.69) is 230 Å². The van der Waals surface area contributed by atoms with Gasteiger partial charge in [-0.25, -0.2) is 0 Å². The molecule has 0 saturated carbocycles.